The van der Waals surface area contributed by atoms with Gasteiger partial charge < -0.3 is 15.2 Å². The average molecular weight is 249 g/mol. The monoisotopic (exact) mass is 249 g/mol. The summed E-state index contributed by atoms with van der Waals surface area (Å²) in [6.07, 6.45) is 0.0534. The number of aliphatic carboxylic acids is 1. The molecule has 5 heteroatoms. The first-order valence-corrected chi connectivity index (χ1v) is 5.43. The van der Waals surface area contributed by atoms with Crippen LogP contribution < -0.4 is 5.32 Å². The van der Waals surface area contributed by atoms with Gasteiger partial charge in [0.15, 0.2) is 0 Å². The summed E-state index contributed by atoms with van der Waals surface area (Å²) < 4.78 is 5.13. The van der Waals surface area contributed by atoms with Gasteiger partial charge in [0, 0.05) is 5.69 Å². The SMILES string of the molecule is C=CCOC(CC(=O)O)C(=O)Nc1ccccc1. The van der Waals surface area contributed by atoms with E-state index in [0.29, 0.717) is 5.69 Å². The van der Waals surface area contributed by atoms with E-state index in [1.165, 1.54) is 6.08 Å². The van der Waals surface area contributed by atoms with Crippen molar-refractivity contribution in [1.82, 2.24) is 0 Å². The number of carboxylic acid groups (broad SMARTS) is 1. The zero-order valence-corrected chi connectivity index (χ0v) is 9.83. The standard InChI is InChI=1S/C13H15NO4/c1-2-8-18-11(9-12(15)16)13(17)14-10-6-4-3-5-7-10/h2-7,11H,1,8-9H2,(H,14,17)(H,15,16). The fourth-order valence-corrected chi connectivity index (χ4v) is 1.31. The highest BCUT2D eigenvalue weighted by molar-refractivity contribution is 5.96. The van der Waals surface area contributed by atoms with Gasteiger partial charge in [-0.25, -0.2) is 0 Å². The quantitative estimate of drug-likeness (QED) is 0.721. The van der Waals surface area contributed by atoms with Gasteiger partial charge in [-0.1, -0.05) is 24.3 Å². The molecule has 5 nitrogen and oxygen atoms in total. The fraction of sp³-hybridized carbons (Fsp3) is 0.231. The third-order valence-electron chi connectivity index (χ3n) is 2.11. The molecule has 0 saturated carbocycles. The van der Waals surface area contributed by atoms with E-state index in [0.717, 1.165) is 0 Å². The summed E-state index contributed by atoms with van der Waals surface area (Å²) in [7, 11) is 0. The Morgan fingerprint density at radius 1 is 1.39 bits per heavy atom. The minimum Gasteiger partial charge on any atom is -0.481 e. The predicted molar refractivity (Wildman–Crippen MR) is 67.3 cm³/mol. The maximum atomic E-state index is 11.8. The van der Waals surface area contributed by atoms with E-state index >= 15 is 0 Å². The molecule has 0 aliphatic heterocycles. The second-order valence-electron chi connectivity index (χ2n) is 3.56. The molecule has 1 aromatic carbocycles. The minimum absolute atomic E-state index is 0.125. The molecule has 0 aromatic heterocycles. The van der Waals surface area contributed by atoms with Gasteiger partial charge in [0.1, 0.15) is 6.10 Å². The molecule has 2 N–H and O–H groups in total. The number of rotatable bonds is 7. The second-order valence-corrected chi connectivity index (χ2v) is 3.56. The Labute approximate surface area is 105 Å². The van der Waals surface area contributed by atoms with Crippen LogP contribution in [-0.4, -0.2) is 29.7 Å². The molecule has 0 heterocycles. The predicted octanol–water partition coefficient (Wildman–Crippen LogP) is 1.67. The summed E-state index contributed by atoms with van der Waals surface area (Å²) in [4.78, 5) is 22.5. The zero-order valence-electron chi connectivity index (χ0n) is 9.83. The highest BCUT2D eigenvalue weighted by Gasteiger charge is 2.22. The Balaban J connectivity index is 2.63. The van der Waals surface area contributed by atoms with Crippen LogP contribution in [0, 0.1) is 0 Å². The molecule has 1 amide bonds. The molecule has 0 spiro atoms. The van der Waals surface area contributed by atoms with E-state index in [1.54, 1.807) is 24.3 Å². The summed E-state index contributed by atoms with van der Waals surface area (Å²) >= 11 is 0. The Hall–Kier alpha value is -2.14. The van der Waals surface area contributed by atoms with Gasteiger partial charge in [0.25, 0.3) is 5.91 Å². The highest BCUT2D eigenvalue weighted by atomic mass is 16.5. The van der Waals surface area contributed by atoms with Crippen LogP contribution in [0.5, 0.6) is 0 Å². The Morgan fingerprint density at radius 2 is 2.06 bits per heavy atom. The average Bonchev–Trinajstić information content (AvgIpc) is 2.35. The van der Waals surface area contributed by atoms with E-state index in [2.05, 4.69) is 11.9 Å². The lowest BCUT2D eigenvalue weighted by Gasteiger charge is -2.14. The largest absolute Gasteiger partial charge is 0.481 e. The van der Waals surface area contributed by atoms with Crippen LogP contribution in [-0.2, 0) is 14.3 Å². The third-order valence-corrected chi connectivity index (χ3v) is 2.11. The van der Waals surface area contributed by atoms with E-state index in [4.69, 9.17) is 9.84 Å². The molecule has 0 saturated heterocycles. The highest BCUT2D eigenvalue weighted by Crippen LogP contribution is 2.08. The third kappa shape index (κ3) is 4.80. The van der Waals surface area contributed by atoms with Crippen LogP contribution in [0.3, 0.4) is 0 Å². The lowest BCUT2D eigenvalue weighted by atomic mass is 10.2. The summed E-state index contributed by atoms with van der Waals surface area (Å²) in [5, 5.41) is 11.3. The first-order valence-electron chi connectivity index (χ1n) is 5.43. The van der Waals surface area contributed by atoms with Gasteiger partial charge in [-0.05, 0) is 12.1 Å². The molecular weight excluding hydrogens is 234 g/mol. The van der Waals surface area contributed by atoms with E-state index in [1.807, 2.05) is 6.07 Å². The number of nitrogens with one attached hydrogen (secondary N) is 1. The maximum absolute atomic E-state index is 11.8. The van der Waals surface area contributed by atoms with Crippen LogP contribution in [0.1, 0.15) is 6.42 Å². The first kappa shape index (κ1) is 13.9. The van der Waals surface area contributed by atoms with Crippen molar-refractivity contribution in [2.75, 3.05) is 11.9 Å². The molecule has 18 heavy (non-hydrogen) atoms. The Morgan fingerprint density at radius 3 is 2.61 bits per heavy atom. The van der Waals surface area contributed by atoms with Gasteiger partial charge in [-0.15, -0.1) is 6.58 Å². The van der Waals surface area contributed by atoms with Crippen LogP contribution in [0.2, 0.25) is 0 Å². The number of hydrogen-bond donors (Lipinski definition) is 2. The molecule has 0 aliphatic rings. The number of anilines is 1. The number of amides is 1. The zero-order chi connectivity index (χ0) is 13.4. The van der Waals surface area contributed by atoms with Gasteiger partial charge in [0.05, 0.1) is 13.0 Å². The maximum Gasteiger partial charge on any atom is 0.306 e. The molecule has 0 fully saturated rings. The topological polar surface area (TPSA) is 75.6 Å². The van der Waals surface area contributed by atoms with Crippen molar-refractivity contribution in [3.05, 3.63) is 43.0 Å². The van der Waals surface area contributed by atoms with Crippen molar-refractivity contribution < 1.29 is 19.4 Å². The van der Waals surface area contributed by atoms with Gasteiger partial charge in [-0.3, -0.25) is 9.59 Å². The van der Waals surface area contributed by atoms with E-state index < -0.39 is 18.0 Å². The summed E-state index contributed by atoms with van der Waals surface area (Å²) in [6.45, 7) is 3.58. The Kier molecular flexibility index (Phi) is 5.60. The summed E-state index contributed by atoms with van der Waals surface area (Å²) in [6, 6.07) is 8.78. The van der Waals surface area contributed by atoms with Crippen molar-refractivity contribution in [3.8, 4) is 0 Å². The number of carboxylic acids is 1. The molecule has 0 aliphatic carbocycles. The number of carbonyl (C=O) groups is 2. The fourth-order valence-electron chi connectivity index (χ4n) is 1.31. The first-order chi connectivity index (χ1) is 8.63. The molecule has 1 unspecified atom stereocenters. The number of ether oxygens (including phenoxy) is 1. The molecule has 1 aromatic rings. The molecule has 0 radical (unpaired) electrons. The second kappa shape index (κ2) is 7.24. The smallest absolute Gasteiger partial charge is 0.306 e. The minimum atomic E-state index is -1.09. The van der Waals surface area contributed by atoms with Crippen molar-refractivity contribution in [2.24, 2.45) is 0 Å². The summed E-state index contributed by atoms with van der Waals surface area (Å²) in [5.74, 6) is -1.57. The van der Waals surface area contributed by atoms with Crippen molar-refractivity contribution in [1.29, 1.82) is 0 Å². The Bertz CT molecular complexity index is 416. The normalized spacial score (nSPS) is 11.6. The van der Waals surface area contributed by atoms with Gasteiger partial charge in [0.2, 0.25) is 0 Å². The van der Waals surface area contributed by atoms with Crippen molar-refractivity contribution in [2.45, 2.75) is 12.5 Å². The number of hydrogen-bond acceptors (Lipinski definition) is 3. The summed E-state index contributed by atoms with van der Waals surface area (Å²) in [5.41, 5.74) is 0.597. The molecule has 1 atom stereocenters. The molecule has 1 rings (SSSR count). The molecular formula is C13H15NO4. The van der Waals surface area contributed by atoms with Crippen molar-refractivity contribution >= 4 is 17.6 Å². The van der Waals surface area contributed by atoms with Crippen LogP contribution in [0.25, 0.3) is 0 Å². The van der Waals surface area contributed by atoms with E-state index in [9.17, 15) is 9.59 Å². The lowest BCUT2D eigenvalue weighted by Crippen LogP contribution is -2.32. The molecule has 96 valence electrons. The molecule has 0 bridgehead atoms. The number of benzene rings is 1. The van der Waals surface area contributed by atoms with Crippen molar-refractivity contribution in [3.63, 3.8) is 0 Å². The van der Waals surface area contributed by atoms with Crippen LogP contribution >= 0.6 is 0 Å². The lowest BCUT2D eigenvalue weighted by molar-refractivity contribution is -0.144. The van der Waals surface area contributed by atoms with Crippen LogP contribution in [0.15, 0.2) is 43.0 Å². The number of carbonyl (C=O) groups excluding carboxylic acids is 1. The van der Waals surface area contributed by atoms with Gasteiger partial charge in [-0.2, -0.15) is 0 Å². The van der Waals surface area contributed by atoms with E-state index in [-0.39, 0.29) is 13.0 Å². The van der Waals surface area contributed by atoms with Crippen LogP contribution in [0.4, 0.5) is 5.69 Å². The van der Waals surface area contributed by atoms with Gasteiger partial charge >= 0.3 is 5.97 Å². The number of para-hydroxylation sites is 1.